The number of carbonyl (C=O) groups excluding carboxylic acids is 2. The molecule has 0 bridgehead atoms. The Morgan fingerprint density at radius 2 is 1.42 bits per heavy atom. The molecule has 1 heterocycles. The highest BCUT2D eigenvalue weighted by Crippen LogP contribution is 2.48. The number of carbonyl (C=O) groups is 2. The summed E-state index contributed by atoms with van der Waals surface area (Å²) >= 11 is 0. The quantitative estimate of drug-likeness (QED) is 0.756. The number of rotatable bonds is 3. The van der Waals surface area contributed by atoms with Gasteiger partial charge >= 0.3 is 0 Å². The van der Waals surface area contributed by atoms with Crippen LogP contribution in [0.1, 0.15) is 77.0 Å². The van der Waals surface area contributed by atoms with Crippen LogP contribution < -0.4 is 0 Å². The van der Waals surface area contributed by atoms with Gasteiger partial charge in [0.15, 0.2) is 0 Å². The molecule has 3 aliphatic carbocycles. The van der Waals surface area contributed by atoms with Crippen LogP contribution in [-0.2, 0) is 9.59 Å². The number of fused-ring (bicyclic) bond motifs is 1. The third kappa shape index (κ3) is 3.57. The zero-order valence-corrected chi connectivity index (χ0v) is 15.7. The van der Waals surface area contributed by atoms with Gasteiger partial charge in [-0.2, -0.15) is 0 Å². The number of hydrogen-bond donors (Lipinski definition) is 2. The molecule has 26 heavy (non-hydrogen) atoms. The lowest BCUT2D eigenvalue weighted by Crippen LogP contribution is -2.55. The Labute approximate surface area is 156 Å². The summed E-state index contributed by atoms with van der Waals surface area (Å²) in [6.45, 7) is 0. The van der Waals surface area contributed by atoms with Crippen molar-refractivity contribution >= 4 is 11.8 Å². The molecule has 0 aromatic rings. The van der Waals surface area contributed by atoms with E-state index in [1.54, 1.807) is 4.90 Å². The van der Waals surface area contributed by atoms with E-state index >= 15 is 0 Å². The molecule has 0 aromatic carbocycles. The topological polar surface area (TPSA) is 77.8 Å². The van der Waals surface area contributed by atoms with E-state index in [9.17, 15) is 19.8 Å². The van der Waals surface area contributed by atoms with Gasteiger partial charge in [-0.1, -0.05) is 0 Å². The molecule has 0 spiro atoms. The first kappa shape index (κ1) is 18.4. The predicted molar refractivity (Wildman–Crippen MR) is 97.0 cm³/mol. The Balaban J connectivity index is 1.55. The molecule has 4 fully saturated rings. The molecular weight excluding hydrogens is 330 g/mol. The van der Waals surface area contributed by atoms with Crippen molar-refractivity contribution < 1.29 is 19.8 Å². The molecule has 4 rings (SSSR count). The number of nitrogens with zero attached hydrogens (tertiary/aromatic N) is 1. The summed E-state index contributed by atoms with van der Waals surface area (Å²) < 4.78 is 0. The monoisotopic (exact) mass is 363 g/mol. The van der Waals surface area contributed by atoms with Crippen molar-refractivity contribution in [3.05, 3.63) is 0 Å². The smallest absolute Gasteiger partial charge is 0.229 e. The number of hydrogen-bond acceptors (Lipinski definition) is 4. The Morgan fingerprint density at radius 3 is 2.12 bits per heavy atom. The average Bonchev–Trinajstić information content (AvgIpc) is 2.95. The Morgan fingerprint density at radius 1 is 0.808 bits per heavy atom. The summed E-state index contributed by atoms with van der Waals surface area (Å²) in [4.78, 5) is 26.7. The second-order valence-corrected chi connectivity index (χ2v) is 9.29. The molecular formula is C21H33NO4. The minimum absolute atomic E-state index is 0.00181. The zero-order valence-electron chi connectivity index (χ0n) is 15.7. The molecule has 0 radical (unpaired) electrons. The molecule has 3 saturated carbocycles. The van der Waals surface area contributed by atoms with Crippen LogP contribution in [0.2, 0.25) is 0 Å². The number of aliphatic hydroxyl groups is 2. The van der Waals surface area contributed by atoms with Crippen molar-refractivity contribution in [1.82, 2.24) is 4.90 Å². The normalized spacial score (nSPS) is 44.2. The van der Waals surface area contributed by atoms with E-state index in [2.05, 4.69) is 0 Å². The Kier molecular flexibility index (Phi) is 5.38. The van der Waals surface area contributed by atoms with E-state index in [0.29, 0.717) is 30.6 Å². The van der Waals surface area contributed by atoms with Crippen molar-refractivity contribution in [2.24, 2.45) is 23.7 Å². The van der Waals surface area contributed by atoms with Gasteiger partial charge in [0.2, 0.25) is 11.8 Å². The fourth-order valence-corrected chi connectivity index (χ4v) is 6.36. The molecule has 4 aliphatic rings. The van der Waals surface area contributed by atoms with Crippen LogP contribution in [0.25, 0.3) is 0 Å². The van der Waals surface area contributed by atoms with Gasteiger partial charge in [-0.15, -0.1) is 0 Å². The molecule has 5 atom stereocenters. The van der Waals surface area contributed by atoms with Gasteiger partial charge in [0.1, 0.15) is 0 Å². The van der Waals surface area contributed by atoms with Crippen LogP contribution in [0.4, 0.5) is 0 Å². The summed E-state index contributed by atoms with van der Waals surface area (Å²) in [5.74, 6) is 1.80. The molecule has 2 N–H and O–H groups in total. The lowest BCUT2D eigenvalue weighted by molar-refractivity contribution is -0.148. The van der Waals surface area contributed by atoms with Crippen molar-refractivity contribution in [2.45, 2.75) is 95.3 Å². The van der Waals surface area contributed by atoms with E-state index in [4.69, 9.17) is 0 Å². The number of likely N-dealkylation sites (tertiary alicyclic amines) is 1. The van der Waals surface area contributed by atoms with Crippen LogP contribution in [0.5, 0.6) is 0 Å². The van der Waals surface area contributed by atoms with Crippen molar-refractivity contribution in [2.75, 3.05) is 0 Å². The van der Waals surface area contributed by atoms with E-state index in [0.717, 1.165) is 57.8 Å². The number of amides is 2. The standard InChI is InChI=1S/C21H33NO4/c23-16-6-1-13(2-7-16)11-15-4-3-14-5-8-17(24)12-18(14)21(15)22-19(25)9-10-20(22)26/h13-18,21,23-24H,1-12H2. The highest BCUT2D eigenvalue weighted by atomic mass is 16.3. The molecule has 1 saturated heterocycles. The van der Waals surface area contributed by atoms with Crippen LogP contribution in [0.15, 0.2) is 0 Å². The average molecular weight is 363 g/mol. The second-order valence-electron chi connectivity index (χ2n) is 9.29. The Hall–Kier alpha value is -0.940. The van der Waals surface area contributed by atoms with Gasteiger partial charge in [0.25, 0.3) is 0 Å². The van der Waals surface area contributed by atoms with Gasteiger partial charge in [-0.25, -0.2) is 0 Å². The summed E-state index contributed by atoms with van der Waals surface area (Å²) in [5.41, 5.74) is 0. The third-order valence-electron chi connectivity index (χ3n) is 7.69. The molecule has 5 nitrogen and oxygen atoms in total. The van der Waals surface area contributed by atoms with E-state index in [-0.39, 0.29) is 36.0 Å². The van der Waals surface area contributed by atoms with E-state index < -0.39 is 0 Å². The maximum Gasteiger partial charge on any atom is 0.229 e. The lowest BCUT2D eigenvalue weighted by Gasteiger charge is -2.50. The van der Waals surface area contributed by atoms with Crippen LogP contribution in [0.3, 0.4) is 0 Å². The van der Waals surface area contributed by atoms with Gasteiger partial charge < -0.3 is 10.2 Å². The van der Waals surface area contributed by atoms with E-state index in [1.165, 1.54) is 6.42 Å². The molecule has 0 aromatic heterocycles. The largest absolute Gasteiger partial charge is 0.393 e. The van der Waals surface area contributed by atoms with Crippen molar-refractivity contribution in [3.8, 4) is 0 Å². The summed E-state index contributed by atoms with van der Waals surface area (Å²) in [5, 5.41) is 20.0. The molecule has 5 heteroatoms. The minimum atomic E-state index is -0.282. The maximum absolute atomic E-state index is 12.5. The molecule has 1 aliphatic heterocycles. The first-order valence-corrected chi connectivity index (χ1v) is 10.7. The third-order valence-corrected chi connectivity index (χ3v) is 7.69. The SMILES string of the molecule is O=C1CCC(=O)N1C1C(CC2CCC(O)CC2)CCC2CCC(O)CC21. The van der Waals surface area contributed by atoms with Gasteiger partial charge in [0.05, 0.1) is 12.2 Å². The fraction of sp³-hybridized carbons (Fsp3) is 0.905. The van der Waals surface area contributed by atoms with Gasteiger partial charge in [-0.3, -0.25) is 14.5 Å². The fourth-order valence-electron chi connectivity index (χ4n) is 6.36. The van der Waals surface area contributed by atoms with Crippen molar-refractivity contribution in [3.63, 3.8) is 0 Å². The molecule has 5 unspecified atom stereocenters. The van der Waals surface area contributed by atoms with Crippen LogP contribution >= 0.6 is 0 Å². The molecule has 146 valence electrons. The van der Waals surface area contributed by atoms with Crippen LogP contribution in [-0.4, -0.2) is 45.2 Å². The minimum Gasteiger partial charge on any atom is -0.393 e. The molecule has 2 amide bonds. The number of aliphatic hydroxyl groups excluding tert-OH is 2. The summed E-state index contributed by atoms with van der Waals surface area (Å²) in [7, 11) is 0. The lowest BCUT2D eigenvalue weighted by atomic mass is 9.61. The van der Waals surface area contributed by atoms with Gasteiger partial charge in [0, 0.05) is 18.9 Å². The highest BCUT2D eigenvalue weighted by Gasteiger charge is 2.49. The first-order chi connectivity index (χ1) is 12.5. The zero-order chi connectivity index (χ0) is 18.3. The van der Waals surface area contributed by atoms with Crippen molar-refractivity contribution in [1.29, 1.82) is 0 Å². The summed E-state index contributed by atoms with van der Waals surface area (Å²) in [6, 6.07) is -0.00181. The second kappa shape index (κ2) is 7.59. The first-order valence-electron chi connectivity index (χ1n) is 10.7. The predicted octanol–water partition coefficient (Wildman–Crippen LogP) is 2.63. The maximum atomic E-state index is 12.5. The van der Waals surface area contributed by atoms with E-state index in [1.807, 2.05) is 0 Å². The van der Waals surface area contributed by atoms with Gasteiger partial charge in [-0.05, 0) is 87.9 Å². The number of imide groups is 1. The Bertz CT molecular complexity index is 526. The highest BCUT2D eigenvalue weighted by molar-refractivity contribution is 6.02. The summed E-state index contributed by atoms with van der Waals surface area (Å²) in [6.07, 6.45) is 10.1. The van der Waals surface area contributed by atoms with Crippen LogP contribution in [0, 0.1) is 23.7 Å².